The molecule has 1 amide bonds. The van der Waals surface area contributed by atoms with Gasteiger partial charge in [-0.2, -0.15) is 0 Å². The number of carbonyl (C=O) groups excluding carboxylic acids is 1. The van der Waals surface area contributed by atoms with Crippen molar-refractivity contribution in [3.8, 4) is 11.5 Å². The minimum atomic E-state index is -0.203. The van der Waals surface area contributed by atoms with Crippen molar-refractivity contribution in [2.24, 2.45) is 0 Å². The summed E-state index contributed by atoms with van der Waals surface area (Å²) in [6.45, 7) is 0.376. The summed E-state index contributed by atoms with van der Waals surface area (Å²) in [5.74, 6) is 0.958. The second-order valence-electron chi connectivity index (χ2n) is 6.94. The predicted molar refractivity (Wildman–Crippen MR) is 144 cm³/mol. The Morgan fingerprint density at radius 1 is 1.06 bits per heavy atom. The van der Waals surface area contributed by atoms with Gasteiger partial charge in [-0.25, -0.2) is 0 Å². The lowest BCUT2D eigenvalue weighted by molar-refractivity contribution is -0.113. The monoisotopic (exact) mass is 579 g/mol. The first-order chi connectivity index (χ1) is 15.9. The number of rotatable bonds is 6. The number of nitrogens with zero attached hydrogens (tertiary/aromatic N) is 1. The number of ether oxygens (including phenoxy) is 2. The summed E-state index contributed by atoms with van der Waals surface area (Å²) in [4.78, 5) is 15.0. The Hall–Kier alpha value is -2.03. The van der Waals surface area contributed by atoms with E-state index in [4.69, 9.17) is 44.9 Å². The summed E-state index contributed by atoms with van der Waals surface area (Å²) < 4.78 is 12.6. The van der Waals surface area contributed by atoms with Crippen molar-refractivity contribution in [2.45, 2.75) is 6.61 Å². The van der Waals surface area contributed by atoms with E-state index in [-0.39, 0.29) is 5.91 Å². The molecule has 1 aliphatic heterocycles. The summed E-state index contributed by atoms with van der Waals surface area (Å²) >= 11 is 22.2. The molecular weight excluding hydrogens is 565 g/mol. The van der Waals surface area contributed by atoms with E-state index < -0.39 is 0 Å². The molecule has 33 heavy (non-hydrogen) atoms. The number of hydrogen-bond donors (Lipinski definition) is 0. The Bertz CT molecular complexity index is 1270. The highest BCUT2D eigenvalue weighted by Gasteiger charge is 2.33. The maximum Gasteiger partial charge on any atom is 0.270 e. The maximum absolute atomic E-state index is 13.1. The van der Waals surface area contributed by atoms with Crippen molar-refractivity contribution in [1.29, 1.82) is 0 Å². The van der Waals surface area contributed by atoms with E-state index >= 15 is 0 Å². The van der Waals surface area contributed by atoms with Gasteiger partial charge in [0.2, 0.25) is 0 Å². The number of methoxy groups -OCH3 is 1. The van der Waals surface area contributed by atoms with Gasteiger partial charge in [0.25, 0.3) is 5.91 Å². The zero-order valence-corrected chi connectivity index (χ0v) is 21.9. The minimum Gasteiger partial charge on any atom is -0.493 e. The van der Waals surface area contributed by atoms with Gasteiger partial charge in [-0.15, -0.1) is 0 Å². The van der Waals surface area contributed by atoms with Crippen LogP contribution in [-0.2, 0) is 11.4 Å². The second-order valence-corrected chi connectivity index (χ2v) is 10.3. The molecule has 1 fully saturated rings. The maximum atomic E-state index is 13.1. The molecule has 0 saturated carbocycles. The molecule has 0 atom stereocenters. The first-order valence-electron chi connectivity index (χ1n) is 9.64. The lowest BCUT2D eigenvalue weighted by Gasteiger charge is -2.15. The molecule has 0 bridgehead atoms. The molecule has 0 aliphatic carbocycles. The fourth-order valence-corrected chi connectivity index (χ4v) is 4.95. The van der Waals surface area contributed by atoms with Crippen molar-refractivity contribution in [1.82, 2.24) is 0 Å². The number of thioether (sulfide) groups is 1. The van der Waals surface area contributed by atoms with Crippen molar-refractivity contribution in [3.63, 3.8) is 0 Å². The number of anilines is 1. The van der Waals surface area contributed by atoms with Crippen molar-refractivity contribution in [2.75, 3.05) is 12.0 Å². The van der Waals surface area contributed by atoms with Crippen LogP contribution in [0, 0.1) is 0 Å². The van der Waals surface area contributed by atoms with E-state index in [1.807, 2.05) is 42.5 Å². The summed E-state index contributed by atoms with van der Waals surface area (Å²) in [6.07, 6.45) is 1.78. The molecule has 0 spiro atoms. The lowest BCUT2D eigenvalue weighted by Crippen LogP contribution is -2.27. The minimum absolute atomic E-state index is 0.203. The molecule has 4 nitrogen and oxygen atoms in total. The molecule has 3 aromatic rings. The molecule has 3 aromatic carbocycles. The van der Waals surface area contributed by atoms with Crippen molar-refractivity contribution in [3.05, 3.63) is 91.2 Å². The van der Waals surface area contributed by atoms with E-state index in [1.165, 1.54) is 16.7 Å². The molecule has 0 unspecified atom stereocenters. The van der Waals surface area contributed by atoms with Crippen LogP contribution in [0.1, 0.15) is 11.1 Å². The first kappa shape index (κ1) is 24.1. The summed E-state index contributed by atoms with van der Waals surface area (Å²) in [6, 6.07) is 18.2. The molecule has 168 valence electrons. The predicted octanol–water partition coefficient (Wildman–Crippen LogP) is 7.75. The average molecular weight is 581 g/mol. The van der Waals surface area contributed by atoms with Gasteiger partial charge in [-0.3, -0.25) is 9.69 Å². The molecule has 0 aromatic heterocycles. The Balaban J connectivity index is 1.53. The molecule has 4 rings (SSSR count). The van der Waals surface area contributed by atoms with Gasteiger partial charge in [-0.1, -0.05) is 65.4 Å². The Labute approximate surface area is 219 Å². The molecule has 1 aliphatic rings. The second kappa shape index (κ2) is 10.5. The summed E-state index contributed by atoms with van der Waals surface area (Å²) in [5, 5.41) is 1.18. The third-order valence-corrected chi connectivity index (χ3v) is 7.53. The van der Waals surface area contributed by atoms with Crippen molar-refractivity contribution < 1.29 is 14.3 Å². The van der Waals surface area contributed by atoms with Gasteiger partial charge in [0.1, 0.15) is 6.61 Å². The van der Waals surface area contributed by atoms with Gasteiger partial charge >= 0.3 is 0 Å². The standard InChI is InChI=1S/C24H16BrCl2NO3S2/c1-30-21-10-15(4-9-20(21)31-13-14-2-5-16(26)6-3-14)11-22-23(29)28(24(32)33-22)17-7-8-18(25)19(27)12-17/h2-12H,13H2,1H3/b22-11+. The number of carbonyl (C=O) groups is 1. The average Bonchev–Trinajstić information content (AvgIpc) is 3.08. The molecule has 1 saturated heterocycles. The number of halogens is 3. The van der Waals surface area contributed by atoms with Gasteiger partial charge in [0, 0.05) is 9.50 Å². The van der Waals surface area contributed by atoms with Crippen LogP contribution in [0.2, 0.25) is 10.0 Å². The van der Waals surface area contributed by atoms with Crippen LogP contribution in [0.4, 0.5) is 5.69 Å². The molecule has 0 N–H and O–H groups in total. The first-order valence-corrected chi connectivity index (χ1v) is 12.4. The van der Waals surface area contributed by atoms with Crippen LogP contribution in [0.5, 0.6) is 11.5 Å². The number of thiocarbonyl (C=S) groups is 1. The quantitative estimate of drug-likeness (QED) is 0.220. The van der Waals surface area contributed by atoms with Gasteiger partial charge in [0.05, 0.1) is 22.7 Å². The molecule has 9 heteroatoms. The van der Waals surface area contributed by atoms with Crippen LogP contribution < -0.4 is 14.4 Å². The number of benzene rings is 3. The molecular formula is C24H16BrCl2NO3S2. The van der Waals surface area contributed by atoms with E-state index in [9.17, 15) is 4.79 Å². The Morgan fingerprint density at radius 2 is 1.82 bits per heavy atom. The summed E-state index contributed by atoms with van der Waals surface area (Å²) in [7, 11) is 1.57. The zero-order valence-electron chi connectivity index (χ0n) is 17.2. The SMILES string of the molecule is COc1cc(/C=C2/SC(=S)N(c3ccc(Br)c(Cl)c3)C2=O)ccc1OCc1ccc(Cl)cc1. The van der Waals surface area contributed by atoms with Gasteiger partial charge in [0.15, 0.2) is 15.8 Å². The number of amides is 1. The highest BCUT2D eigenvalue weighted by atomic mass is 79.9. The van der Waals surface area contributed by atoms with E-state index in [0.29, 0.717) is 43.1 Å². The van der Waals surface area contributed by atoms with Gasteiger partial charge < -0.3 is 9.47 Å². The topological polar surface area (TPSA) is 38.8 Å². The van der Waals surface area contributed by atoms with Crippen LogP contribution in [0.25, 0.3) is 6.08 Å². The van der Waals surface area contributed by atoms with Crippen molar-refractivity contribution >= 4 is 85.1 Å². The Morgan fingerprint density at radius 3 is 2.52 bits per heavy atom. The normalized spacial score (nSPS) is 14.8. The highest BCUT2D eigenvalue weighted by molar-refractivity contribution is 9.10. The van der Waals surface area contributed by atoms with E-state index in [2.05, 4.69) is 15.9 Å². The third kappa shape index (κ3) is 5.55. The molecule has 1 heterocycles. The lowest BCUT2D eigenvalue weighted by atomic mass is 10.1. The fourth-order valence-electron chi connectivity index (χ4n) is 3.10. The van der Waals surface area contributed by atoms with Crippen LogP contribution in [0.15, 0.2) is 70.0 Å². The van der Waals surface area contributed by atoms with Crippen LogP contribution in [-0.4, -0.2) is 17.3 Å². The molecule has 0 radical (unpaired) electrons. The zero-order chi connectivity index (χ0) is 23.5. The third-order valence-electron chi connectivity index (χ3n) is 4.75. The van der Waals surface area contributed by atoms with Gasteiger partial charge in [-0.05, 0) is 75.6 Å². The van der Waals surface area contributed by atoms with E-state index in [0.717, 1.165) is 15.6 Å². The Kier molecular flexibility index (Phi) is 7.66. The summed E-state index contributed by atoms with van der Waals surface area (Å²) in [5.41, 5.74) is 2.40. The smallest absolute Gasteiger partial charge is 0.270 e. The van der Waals surface area contributed by atoms with E-state index in [1.54, 1.807) is 31.4 Å². The van der Waals surface area contributed by atoms with Crippen LogP contribution >= 0.6 is 63.1 Å². The number of hydrogen-bond acceptors (Lipinski definition) is 5. The fraction of sp³-hybridized carbons (Fsp3) is 0.0833. The largest absolute Gasteiger partial charge is 0.493 e. The van der Waals surface area contributed by atoms with Crippen LogP contribution in [0.3, 0.4) is 0 Å². The highest BCUT2D eigenvalue weighted by Crippen LogP contribution is 2.39.